The van der Waals surface area contributed by atoms with Gasteiger partial charge in [0.25, 0.3) is 23.6 Å². The van der Waals surface area contributed by atoms with Crippen molar-refractivity contribution in [2.75, 3.05) is 4.90 Å². The molecule has 0 N–H and O–H groups in total. The number of hydrogen-bond donors (Lipinski definition) is 0. The van der Waals surface area contributed by atoms with Gasteiger partial charge < -0.3 is 9.74 Å². The highest BCUT2D eigenvalue weighted by molar-refractivity contribution is 6.13. The third-order valence-electron chi connectivity index (χ3n) is 7.13. The molecule has 5 rings (SSSR count). The van der Waals surface area contributed by atoms with Gasteiger partial charge in [0.15, 0.2) is 0 Å². The Hall–Kier alpha value is -5.04. The second-order valence-corrected chi connectivity index (χ2v) is 14.9. The number of anilines is 1. The lowest BCUT2D eigenvalue weighted by atomic mass is 9.91. The summed E-state index contributed by atoms with van der Waals surface area (Å²) in [5.41, 5.74) is 2.74. The van der Waals surface area contributed by atoms with Crippen molar-refractivity contribution in [3.63, 3.8) is 0 Å². The van der Waals surface area contributed by atoms with Gasteiger partial charge in [-0.25, -0.2) is 4.79 Å². The molecule has 3 aliphatic rings. The van der Waals surface area contributed by atoms with E-state index in [1.54, 1.807) is 20.8 Å². The molecule has 254 valence electrons. The van der Waals surface area contributed by atoms with Crippen molar-refractivity contribution in [3.05, 3.63) is 77.4 Å². The Balaban J connectivity index is 0.000000214. The van der Waals surface area contributed by atoms with Gasteiger partial charge in [0, 0.05) is 48.1 Å². The van der Waals surface area contributed by atoms with Gasteiger partial charge in [-0.1, -0.05) is 62.9 Å². The predicted molar refractivity (Wildman–Crippen MR) is 182 cm³/mol. The number of benzene rings is 2. The average molecular weight is 656 g/mol. The molecule has 0 aliphatic carbocycles. The van der Waals surface area contributed by atoms with Crippen molar-refractivity contribution < 1.29 is 33.6 Å². The minimum atomic E-state index is -0.719. The number of fused-ring (bicyclic) bond motifs is 2. The Morgan fingerprint density at radius 3 is 1.73 bits per heavy atom. The minimum Gasteiger partial charge on any atom is -0.330 e. The van der Waals surface area contributed by atoms with Crippen LogP contribution in [0.4, 0.5) is 5.69 Å². The Morgan fingerprint density at radius 2 is 1.23 bits per heavy atom. The first-order chi connectivity index (χ1) is 22.2. The van der Waals surface area contributed by atoms with Crippen LogP contribution in [-0.4, -0.2) is 51.0 Å². The third kappa shape index (κ3) is 9.98. The number of carbonyl (C=O) groups excluding carboxylic acids is 6. The molecule has 0 unspecified atom stereocenters. The average Bonchev–Trinajstić information content (AvgIpc) is 3.48. The standard InChI is InChI=1S/C21H21NO.C9H13NO4.C8H11NO2/c1-21(2,3)14-20(23)22-15-18-10-5-4-8-16(18)12-13-17-9-6-7-11-19(17)22;1-9(2,3)8(13)14-10-6(11)4-5-7(10)12;1-8(2,3)9-6(10)4-5-7(9)11/h4-11H,14-15H2,1-3H3;4-5H2,1-3H3;4-5H,1-3H3. The Bertz CT molecular complexity index is 1660. The molecule has 10 heteroatoms. The van der Waals surface area contributed by atoms with Crippen LogP contribution in [0.2, 0.25) is 0 Å². The predicted octanol–water partition coefficient (Wildman–Crippen LogP) is 5.72. The molecule has 2 aromatic rings. The molecular weight excluding hydrogens is 610 g/mol. The zero-order chi connectivity index (χ0) is 36.0. The molecule has 0 spiro atoms. The molecule has 3 heterocycles. The van der Waals surface area contributed by atoms with Gasteiger partial charge in [0.1, 0.15) is 0 Å². The summed E-state index contributed by atoms with van der Waals surface area (Å²) in [6, 6.07) is 16.0. The number of imide groups is 2. The third-order valence-corrected chi connectivity index (χ3v) is 7.13. The fourth-order valence-corrected chi connectivity index (χ4v) is 4.70. The maximum atomic E-state index is 12.9. The SMILES string of the molecule is CC(C)(C)C(=O)ON1C(=O)CCC1=O.CC(C)(C)CC(=O)N1Cc2ccccc2C#Cc2ccccc21.CC(C)(C)N1C(=O)C=CC1=O. The van der Waals surface area contributed by atoms with Gasteiger partial charge in [-0.15, -0.1) is 5.06 Å². The maximum Gasteiger partial charge on any atom is 0.338 e. The lowest BCUT2D eigenvalue weighted by molar-refractivity contribution is -0.203. The van der Waals surface area contributed by atoms with E-state index in [1.165, 1.54) is 17.1 Å². The lowest BCUT2D eigenvalue weighted by Crippen LogP contribution is -2.45. The molecule has 5 amide bonds. The minimum absolute atomic E-state index is 0.0421. The lowest BCUT2D eigenvalue weighted by Gasteiger charge is -2.29. The van der Waals surface area contributed by atoms with Crippen LogP contribution in [0.25, 0.3) is 0 Å². The van der Waals surface area contributed by atoms with E-state index in [0.717, 1.165) is 22.4 Å². The second-order valence-electron chi connectivity index (χ2n) is 14.9. The molecular formula is C38H45N3O7. The zero-order valence-corrected chi connectivity index (χ0v) is 29.3. The summed E-state index contributed by atoms with van der Waals surface area (Å²) >= 11 is 0. The monoisotopic (exact) mass is 655 g/mol. The normalized spacial score (nSPS) is 15.6. The first-order valence-electron chi connectivity index (χ1n) is 15.8. The molecule has 0 radical (unpaired) electrons. The van der Waals surface area contributed by atoms with Gasteiger partial charge in [-0.2, -0.15) is 0 Å². The molecule has 0 saturated carbocycles. The number of hydrogen-bond acceptors (Lipinski definition) is 7. The molecule has 0 bridgehead atoms. The van der Waals surface area contributed by atoms with Gasteiger partial charge in [0.05, 0.1) is 17.6 Å². The van der Waals surface area contributed by atoms with Crippen LogP contribution < -0.4 is 4.90 Å². The molecule has 10 nitrogen and oxygen atoms in total. The Kier molecular flexibility index (Phi) is 11.5. The number of para-hydroxylation sites is 1. The van der Waals surface area contributed by atoms with Crippen LogP contribution >= 0.6 is 0 Å². The summed E-state index contributed by atoms with van der Waals surface area (Å²) < 4.78 is 0. The zero-order valence-electron chi connectivity index (χ0n) is 29.3. The fourth-order valence-electron chi connectivity index (χ4n) is 4.70. The van der Waals surface area contributed by atoms with Crippen molar-refractivity contribution in [2.45, 2.75) is 93.7 Å². The van der Waals surface area contributed by atoms with E-state index in [-0.39, 0.29) is 36.0 Å². The van der Waals surface area contributed by atoms with Gasteiger partial charge in [0.2, 0.25) is 5.91 Å². The van der Waals surface area contributed by atoms with Crippen LogP contribution in [0.1, 0.15) is 98.3 Å². The highest BCUT2D eigenvalue weighted by atomic mass is 16.7. The molecule has 1 saturated heterocycles. The maximum absolute atomic E-state index is 12.9. The topological polar surface area (TPSA) is 121 Å². The van der Waals surface area contributed by atoms with Crippen LogP contribution in [0, 0.1) is 22.7 Å². The van der Waals surface area contributed by atoms with Gasteiger partial charge >= 0.3 is 5.97 Å². The van der Waals surface area contributed by atoms with Crippen molar-refractivity contribution in [1.82, 2.24) is 9.96 Å². The Labute approximate surface area is 283 Å². The van der Waals surface area contributed by atoms with E-state index in [9.17, 15) is 28.8 Å². The van der Waals surface area contributed by atoms with Crippen molar-refractivity contribution in [3.8, 4) is 11.8 Å². The number of nitrogens with zero attached hydrogens (tertiary/aromatic N) is 3. The summed E-state index contributed by atoms with van der Waals surface area (Å²) in [4.78, 5) is 76.3. The largest absolute Gasteiger partial charge is 0.338 e. The number of amides is 5. The quantitative estimate of drug-likeness (QED) is 0.300. The molecule has 0 aromatic heterocycles. The smallest absolute Gasteiger partial charge is 0.330 e. The van der Waals surface area contributed by atoms with Crippen LogP contribution in [0.5, 0.6) is 0 Å². The molecule has 2 aromatic carbocycles. The van der Waals surface area contributed by atoms with Gasteiger partial charge in [-0.05, 0) is 70.7 Å². The molecule has 0 atom stereocenters. The molecule has 1 fully saturated rings. The van der Waals surface area contributed by atoms with E-state index < -0.39 is 28.7 Å². The summed E-state index contributed by atoms with van der Waals surface area (Å²) in [5.74, 6) is 4.68. The van der Waals surface area contributed by atoms with Crippen LogP contribution in [0.3, 0.4) is 0 Å². The Morgan fingerprint density at radius 1 is 0.729 bits per heavy atom. The van der Waals surface area contributed by atoms with E-state index in [4.69, 9.17) is 4.84 Å². The van der Waals surface area contributed by atoms with E-state index in [1.807, 2.05) is 68.1 Å². The first-order valence-corrected chi connectivity index (χ1v) is 15.8. The highest BCUT2D eigenvalue weighted by Gasteiger charge is 2.36. The number of hydroxylamine groups is 2. The van der Waals surface area contributed by atoms with Crippen molar-refractivity contribution in [2.24, 2.45) is 10.8 Å². The summed E-state index contributed by atoms with van der Waals surface area (Å²) in [6.07, 6.45) is 3.35. The summed E-state index contributed by atoms with van der Waals surface area (Å²) in [5, 5.41) is 0.563. The van der Waals surface area contributed by atoms with E-state index in [0.29, 0.717) is 18.0 Å². The molecule has 3 aliphatic heterocycles. The van der Waals surface area contributed by atoms with Gasteiger partial charge in [-0.3, -0.25) is 28.9 Å². The van der Waals surface area contributed by atoms with Crippen molar-refractivity contribution >= 4 is 41.2 Å². The van der Waals surface area contributed by atoms with Crippen LogP contribution in [0.15, 0.2) is 60.7 Å². The van der Waals surface area contributed by atoms with E-state index >= 15 is 0 Å². The van der Waals surface area contributed by atoms with E-state index in [2.05, 4.69) is 38.7 Å². The number of carbonyl (C=O) groups is 6. The first kappa shape index (κ1) is 37.4. The highest BCUT2D eigenvalue weighted by Crippen LogP contribution is 2.29. The van der Waals surface area contributed by atoms with Crippen molar-refractivity contribution in [1.29, 1.82) is 0 Å². The summed E-state index contributed by atoms with van der Waals surface area (Å²) in [6.45, 7) is 17.3. The second kappa shape index (κ2) is 14.8. The number of rotatable bonds is 2. The summed E-state index contributed by atoms with van der Waals surface area (Å²) in [7, 11) is 0. The van der Waals surface area contributed by atoms with Crippen LogP contribution in [-0.2, 0) is 40.1 Å². The fraction of sp³-hybridized carbons (Fsp3) is 0.421. The molecule has 48 heavy (non-hydrogen) atoms.